The first-order valence-corrected chi connectivity index (χ1v) is 8.34. The van der Waals surface area contributed by atoms with Crippen molar-refractivity contribution in [2.24, 2.45) is 0 Å². The third kappa shape index (κ3) is 3.77. The summed E-state index contributed by atoms with van der Waals surface area (Å²) in [6.07, 6.45) is -5.22. The van der Waals surface area contributed by atoms with Crippen LogP contribution in [0.2, 0.25) is 10.0 Å². The van der Waals surface area contributed by atoms with Crippen molar-refractivity contribution in [1.29, 1.82) is 0 Å². The highest BCUT2D eigenvalue weighted by molar-refractivity contribution is 7.89. The first-order valence-electron chi connectivity index (χ1n) is 6.15. The molecule has 0 spiro atoms. The van der Waals surface area contributed by atoms with Crippen molar-refractivity contribution in [3.63, 3.8) is 0 Å². The number of nitrogens with one attached hydrogen (secondary N) is 1. The molecular weight excluding hydrogens is 396 g/mol. The van der Waals surface area contributed by atoms with Crippen LogP contribution in [-0.2, 0) is 14.8 Å². The Balaban J connectivity index is 3.28. The second-order valence-corrected chi connectivity index (χ2v) is 7.93. The maximum absolute atomic E-state index is 12.6. The predicted octanol–water partition coefficient (Wildman–Crippen LogP) is 2.50. The number of carbonyl (C=O) groups is 1. The summed E-state index contributed by atoms with van der Waals surface area (Å²) in [5.41, 5.74) is -4.05. The van der Waals surface area contributed by atoms with Crippen molar-refractivity contribution in [3.05, 3.63) is 22.2 Å². The SMILES string of the molecule is CN(C)S(=O)(=O)c1ccc(NC(=O)[C@@](C)(O)C(F)(F)F)c(Cl)c1Cl. The maximum Gasteiger partial charge on any atom is 0.426 e. The second kappa shape index (κ2) is 6.68. The average molecular weight is 409 g/mol. The van der Waals surface area contributed by atoms with Gasteiger partial charge >= 0.3 is 6.18 Å². The number of hydrogen-bond acceptors (Lipinski definition) is 4. The fraction of sp³-hybridized carbons (Fsp3) is 0.417. The highest BCUT2D eigenvalue weighted by atomic mass is 35.5. The maximum atomic E-state index is 12.6. The number of amides is 1. The summed E-state index contributed by atoms with van der Waals surface area (Å²) in [5, 5.41) is 10.1. The van der Waals surface area contributed by atoms with Crippen LogP contribution in [0.3, 0.4) is 0 Å². The quantitative estimate of drug-likeness (QED) is 0.800. The van der Waals surface area contributed by atoms with Crippen LogP contribution in [0.4, 0.5) is 18.9 Å². The van der Waals surface area contributed by atoms with Gasteiger partial charge in [-0.3, -0.25) is 4.79 Å². The molecule has 24 heavy (non-hydrogen) atoms. The molecule has 0 aromatic heterocycles. The van der Waals surface area contributed by atoms with Gasteiger partial charge in [-0.05, 0) is 19.1 Å². The van der Waals surface area contributed by atoms with Crippen LogP contribution in [0.1, 0.15) is 6.92 Å². The smallest absolute Gasteiger partial charge is 0.373 e. The molecule has 1 rings (SSSR count). The van der Waals surface area contributed by atoms with Gasteiger partial charge in [0.05, 0.1) is 15.7 Å². The van der Waals surface area contributed by atoms with E-state index in [0.29, 0.717) is 0 Å². The van der Waals surface area contributed by atoms with Crippen LogP contribution >= 0.6 is 23.2 Å². The minimum atomic E-state index is -5.22. The molecule has 1 amide bonds. The number of carbonyl (C=O) groups excluding carboxylic acids is 1. The van der Waals surface area contributed by atoms with E-state index in [1.165, 1.54) is 14.1 Å². The lowest BCUT2D eigenvalue weighted by Gasteiger charge is -2.25. The molecule has 0 heterocycles. The van der Waals surface area contributed by atoms with E-state index in [0.717, 1.165) is 16.4 Å². The Hall–Kier alpha value is -1.07. The zero-order valence-electron chi connectivity index (χ0n) is 12.6. The van der Waals surface area contributed by atoms with Gasteiger partial charge < -0.3 is 10.4 Å². The van der Waals surface area contributed by atoms with E-state index in [2.05, 4.69) is 0 Å². The molecule has 136 valence electrons. The highest BCUT2D eigenvalue weighted by Crippen LogP contribution is 2.37. The Morgan fingerprint density at radius 1 is 1.21 bits per heavy atom. The lowest BCUT2D eigenvalue weighted by molar-refractivity contribution is -0.242. The molecule has 0 saturated carbocycles. The van der Waals surface area contributed by atoms with E-state index < -0.39 is 37.8 Å². The second-order valence-electron chi connectivity index (χ2n) is 5.05. The normalized spacial score (nSPS) is 15.2. The Morgan fingerprint density at radius 2 is 1.71 bits per heavy atom. The number of sulfonamides is 1. The lowest BCUT2D eigenvalue weighted by Crippen LogP contribution is -2.52. The van der Waals surface area contributed by atoms with Crippen LogP contribution in [0.5, 0.6) is 0 Å². The summed E-state index contributed by atoms with van der Waals surface area (Å²) < 4.78 is 62.8. The number of alkyl halides is 3. The average Bonchev–Trinajstić information content (AvgIpc) is 2.42. The summed E-state index contributed by atoms with van der Waals surface area (Å²) in [6, 6.07) is 1.94. The third-order valence-corrected chi connectivity index (χ3v) is 5.90. The fourth-order valence-corrected chi connectivity index (χ4v) is 3.08. The fourth-order valence-electron chi connectivity index (χ4n) is 1.40. The van der Waals surface area contributed by atoms with Gasteiger partial charge in [-0.15, -0.1) is 0 Å². The monoisotopic (exact) mass is 408 g/mol. The number of nitrogens with zero attached hydrogens (tertiary/aromatic N) is 1. The van der Waals surface area contributed by atoms with Gasteiger partial charge in [0, 0.05) is 14.1 Å². The summed E-state index contributed by atoms with van der Waals surface area (Å²) in [7, 11) is -1.46. The highest BCUT2D eigenvalue weighted by Gasteiger charge is 2.55. The van der Waals surface area contributed by atoms with Gasteiger partial charge in [0.25, 0.3) is 5.91 Å². The standard InChI is InChI=1S/C12H13Cl2F3N2O4S/c1-11(21,12(15,16)17)10(20)18-6-4-5-7(9(14)8(6)13)24(22,23)19(2)3/h4-5,21H,1-3H3,(H,18,20)/t11-/m1/s1. The van der Waals surface area contributed by atoms with Gasteiger partial charge in [-0.2, -0.15) is 13.2 Å². The number of anilines is 1. The minimum absolute atomic E-state index is 0.267. The molecule has 0 aliphatic heterocycles. The zero-order valence-corrected chi connectivity index (χ0v) is 14.9. The van der Waals surface area contributed by atoms with Crippen molar-refractivity contribution in [1.82, 2.24) is 4.31 Å². The predicted molar refractivity (Wildman–Crippen MR) is 82.6 cm³/mol. The van der Waals surface area contributed by atoms with Crippen molar-refractivity contribution in [3.8, 4) is 0 Å². The summed E-state index contributed by atoms with van der Waals surface area (Å²) >= 11 is 11.7. The Bertz CT molecular complexity index is 764. The van der Waals surface area contributed by atoms with Crippen LogP contribution < -0.4 is 5.32 Å². The van der Waals surface area contributed by atoms with Gasteiger partial charge in [-0.25, -0.2) is 12.7 Å². The molecule has 1 aromatic carbocycles. The number of halogens is 5. The molecule has 0 saturated heterocycles. The number of aliphatic hydroxyl groups is 1. The van der Waals surface area contributed by atoms with Crippen LogP contribution in [-0.4, -0.2) is 49.6 Å². The molecule has 6 nitrogen and oxygen atoms in total. The van der Waals surface area contributed by atoms with E-state index >= 15 is 0 Å². The van der Waals surface area contributed by atoms with E-state index in [-0.39, 0.29) is 17.5 Å². The van der Waals surface area contributed by atoms with Crippen molar-refractivity contribution in [2.75, 3.05) is 19.4 Å². The number of rotatable bonds is 4. The molecule has 12 heteroatoms. The van der Waals surface area contributed by atoms with Crippen molar-refractivity contribution >= 4 is 44.8 Å². The Kier molecular flexibility index (Phi) is 5.84. The molecule has 0 radical (unpaired) electrons. The van der Waals surface area contributed by atoms with Gasteiger partial charge in [-0.1, -0.05) is 23.2 Å². The van der Waals surface area contributed by atoms with Gasteiger partial charge in [0.2, 0.25) is 15.6 Å². The molecular formula is C12H13Cl2F3N2O4S. The van der Waals surface area contributed by atoms with E-state index in [9.17, 15) is 31.5 Å². The first kappa shape index (κ1) is 21.0. The molecule has 1 aromatic rings. The van der Waals surface area contributed by atoms with Crippen molar-refractivity contribution in [2.45, 2.75) is 23.6 Å². The summed E-state index contributed by atoms with van der Waals surface area (Å²) in [4.78, 5) is 11.2. The molecule has 0 fully saturated rings. The van der Waals surface area contributed by atoms with E-state index in [4.69, 9.17) is 23.2 Å². The summed E-state index contributed by atoms with van der Waals surface area (Å²) in [6.45, 7) is 0.267. The van der Waals surface area contributed by atoms with E-state index in [1.807, 2.05) is 0 Å². The first-order chi connectivity index (χ1) is 10.6. The molecule has 0 unspecified atom stereocenters. The molecule has 0 aliphatic rings. The zero-order chi connectivity index (χ0) is 19.1. The van der Waals surface area contributed by atoms with Crippen LogP contribution in [0, 0.1) is 0 Å². The van der Waals surface area contributed by atoms with E-state index in [1.54, 1.807) is 5.32 Å². The van der Waals surface area contributed by atoms with Crippen LogP contribution in [0.25, 0.3) is 0 Å². The van der Waals surface area contributed by atoms with Crippen LogP contribution in [0.15, 0.2) is 17.0 Å². The number of benzene rings is 1. The van der Waals surface area contributed by atoms with Crippen molar-refractivity contribution < 1.29 is 31.5 Å². The van der Waals surface area contributed by atoms with Gasteiger partial charge in [0.15, 0.2) is 0 Å². The number of hydrogen-bond donors (Lipinski definition) is 2. The Labute approximate surface area is 146 Å². The minimum Gasteiger partial charge on any atom is -0.373 e. The molecule has 2 N–H and O–H groups in total. The topological polar surface area (TPSA) is 86.7 Å². The molecule has 1 atom stereocenters. The largest absolute Gasteiger partial charge is 0.426 e. The third-order valence-electron chi connectivity index (χ3n) is 3.05. The molecule has 0 aliphatic carbocycles. The Morgan fingerprint density at radius 3 is 2.12 bits per heavy atom. The van der Waals surface area contributed by atoms with Gasteiger partial charge in [0.1, 0.15) is 4.90 Å². The lowest BCUT2D eigenvalue weighted by atomic mass is 10.1. The molecule has 0 bridgehead atoms. The summed E-state index contributed by atoms with van der Waals surface area (Å²) in [5.74, 6) is -1.80.